The second kappa shape index (κ2) is 9.03. The Morgan fingerprint density at radius 2 is 1.62 bits per heavy atom. The molecule has 32 heavy (non-hydrogen) atoms. The Hall–Kier alpha value is -2.71. The van der Waals surface area contributed by atoms with Crippen molar-refractivity contribution in [3.05, 3.63) is 59.7 Å². The molecule has 2 N–H and O–H groups in total. The van der Waals surface area contributed by atoms with Crippen molar-refractivity contribution in [3.63, 3.8) is 0 Å². The van der Waals surface area contributed by atoms with E-state index < -0.39 is 16.0 Å². The lowest BCUT2D eigenvalue weighted by Crippen LogP contribution is -2.40. The van der Waals surface area contributed by atoms with E-state index in [0.717, 1.165) is 12.3 Å². The lowest BCUT2D eigenvalue weighted by molar-refractivity contribution is 0.0600. The molecule has 2 aliphatic carbocycles. The van der Waals surface area contributed by atoms with Gasteiger partial charge in [0.15, 0.2) is 0 Å². The zero-order chi connectivity index (χ0) is 22.9. The molecule has 2 aliphatic rings. The molecule has 2 saturated carbocycles. The highest BCUT2D eigenvalue weighted by molar-refractivity contribution is 7.89. The van der Waals surface area contributed by atoms with Crippen molar-refractivity contribution in [1.29, 1.82) is 0 Å². The van der Waals surface area contributed by atoms with Gasteiger partial charge in [0.1, 0.15) is 0 Å². The largest absolute Gasteiger partial charge is 0.465 e. The lowest BCUT2D eigenvalue weighted by Gasteiger charge is -2.28. The maximum Gasteiger partial charge on any atom is 0.337 e. The molecule has 0 aliphatic heterocycles. The minimum absolute atomic E-state index is 0.0948. The van der Waals surface area contributed by atoms with Crippen molar-refractivity contribution in [1.82, 2.24) is 4.72 Å². The molecule has 2 aromatic carbocycles. The number of amides is 1. The van der Waals surface area contributed by atoms with Crippen LogP contribution in [0.3, 0.4) is 0 Å². The highest BCUT2D eigenvalue weighted by atomic mass is 32.2. The van der Waals surface area contributed by atoms with E-state index in [1.165, 1.54) is 62.8 Å². The smallest absolute Gasteiger partial charge is 0.337 e. The van der Waals surface area contributed by atoms with Gasteiger partial charge in [-0.05, 0) is 92.5 Å². The second-order valence-electron chi connectivity index (χ2n) is 8.80. The third kappa shape index (κ3) is 4.71. The van der Waals surface area contributed by atoms with Crippen LogP contribution in [0.25, 0.3) is 0 Å². The number of nitrogens with one attached hydrogen (secondary N) is 2. The fourth-order valence-corrected chi connectivity index (χ4v) is 6.40. The topological polar surface area (TPSA) is 102 Å². The first-order valence-corrected chi connectivity index (χ1v) is 12.4. The quantitative estimate of drug-likeness (QED) is 0.617. The Labute approximate surface area is 188 Å². The van der Waals surface area contributed by atoms with Crippen LogP contribution in [-0.2, 0) is 14.8 Å². The van der Waals surface area contributed by atoms with Gasteiger partial charge in [-0.3, -0.25) is 4.79 Å². The molecular formula is C24H28N2O5S. The molecule has 4 rings (SSSR count). The summed E-state index contributed by atoms with van der Waals surface area (Å²) in [4.78, 5) is 24.1. The second-order valence-corrected chi connectivity index (χ2v) is 10.5. The minimum Gasteiger partial charge on any atom is -0.465 e. The van der Waals surface area contributed by atoms with Gasteiger partial charge in [0, 0.05) is 17.3 Å². The number of ether oxygens (including phenoxy) is 1. The number of hydrogen-bond acceptors (Lipinski definition) is 5. The molecule has 2 bridgehead atoms. The summed E-state index contributed by atoms with van der Waals surface area (Å²) in [5, 5.41) is 2.73. The average Bonchev–Trinajstić information content (AvgIpc) is 3.43. The van der Waals surface area contributed by atoms with E-state index in [0.29, 0.717) is 28.7 Å². The fourth-order valence-electron chi connectivity index (χ4n) is 5.10. The monoisotopic (exact) mass is 456 g/mol. The van der Waals surface area contributed by atoms with Crippen molar-refractivity contribution in [2.24, 2.45) is 17.8 Å². The predicted octanol–water partition coefficient (Wildman–Crippen LogP) is 3.83. The number of anilines is 1. The Morgan fingerprint density at radius 1 is 0.969 bits per heavy atom. The standard InChI is InChI=1S/C24H28N2O5S/c1-15(22-14-16-3-4-19(22)13-16)26-32(29,30)21-11-9-20(10-12-21)25-23(27)17-5-7-18(8-6-17)24(28)31-2/h5-12,15-16,19,22,26H,3-4,13-14H2,1-2H3,(H,25,27). The van der Waals surface area contributed by atoms with Crippen LogP contribution >= 0.6 is 0 Å². The van der Waals surface area contributed by atoms with Crippen molar-refractivity contribution < 1.29 is 22.7 Å². The molecule has 4 atom stereocenters. The van der Waals surface area contributed by atoms with E-state index in [1.807, 2.05) is 6.92 Å². The number of benzene rings is 2. The Kier molecular flexibility index (Phi) is 6.35. The molecular weight excluding hydrogens is 428 g/mol. The number of carbonyl (C=O) groups is 2. The van der Waals surface area contributed by atoms with Crippen LogP contribution in [0.1, 0.15) is 53.3 Å². The minimum atomic E-state index is -3.63. The molecule has 0 aromatic heterocycles. The summed E-state index contributed by atoms with van der Waals surface area (Å²) in [6.07, 6.45) is 4.83. The van der Waals surface area contributed by atoms with E-state index in [2.05, 4.69) is 14.8 Å². The van der Waals surface area contributed by atoms with Crippen LogP contribution in [0.2, 0.25) is 0 Å². The number of methoxy groups -OCH3 is 1. The van der Waals surface area contributed by atoms with Crippen molar-refractivity contribution >= 4 is 27.6 Å². The molecule has 170 valence electrons. The molecule has 0 radical (unpaired) electrons. The summed E-state index contributed by atoms with van der Waals surface area (Å²) < 4.78 is 33.2. The van der Waals surface area contributed by atoms with E-state index >= 15 is 0 Å². The van der Waals surface area contributed by atoms with E-state index in [9.17, 15) is 18.0 Å². The van der Waals surface area contributed by atoms with Crippen LogP contribution in [0.15, 0.2) is 53.4 Å². The highest BCUT2D eigenvalue weighted by Gasteiger charge is 2.42. The van der Waals surface area contributed by atoms with E-state index in [-0.39, 0.29) is 16.8 Å². The first-order valence-electron chi connectivity index (χ1n) is 10.9. The number of rotatable bonds is 7. The summed E-state index contributed by atoms with van der Waals surface area (Å²) in [6, 6.07) is 12.1. The number of esters is 1. The molecule has 0 spiro atoms. The molecule has 4 unspecified atom stereocenters. The summed E-state index contributed by atoms with van der Waals surface area (Å²) in [6.45, 7) is 1.96. The molecule has 2 fully saturated rings. The van der Waals surface area contributed by atoms with Gasteiger partial charge in [0.2, 0.25) is 10.0 Å². The van der Waals surface area contributed by atoms with Crippen LogP contribution < -0.4 is 10.0 Å². The summed E-state index contributed by atoms with van der Waals surface area (Å²) in [5.41, 5.74) is 1.20. The number of sulfonamides is 1. The first-order chi connectivity index (χ1) is 15.3. The van der Waals surface area contributed by atoms with Crippen LogP contribution in [0.5, 0.6) is 0 Å². The zero-order valence-electron chi connectivity index (χ0n) is 18.2. The Bertz CT molecular complexity index is 1100. The van der Waals surface area contributed by atoms with Gasteiger partial charge >= 0.3 is 5.97 Å². The van der Waals surface area contributed by atoms with Crippen molar-refractivity contribution in [3.8, 4) is 0 Å². The van der Waals surface area contributed by atoms with Gasteiger partial charge in [-0.2, -0.15) is 0 Å². The number of carbonyl (C=O) groups excluding carboxylic acids is 2. The SMILES string of the molecule is COC(=O)c1ccc(C(=O)Nc2ccc(S(=O)(=O)NC(C)C3CC4CCC3C4)cc2)cc1. The van der Waals surface area contributed by atoms with Gasteiger partial charge in [-0.15, -0.1) is 0 Å². The summed E-state index contributed by atoms with van der Waals surface area (Å²) in [5.74, 6) is 0.971. The molecule has 8 heteroatoms. The van der Waals surface area contributed by atoms with Gasteiger partial charge in [-0.25, -0.2) is 17.9 Å². The van der Waals surface area contributed by atoms with Crippen LogP contribution in [0.4, 0.5) is 5.69 Å². The average molecular weight is 457 g/mol. The Morgan fingerprint density at radius 3 is 2.19 bits per heavy atom. The molecule has 0 saturated heterocycles. The first kappa shape index (κ1) is 22.5. The Balaban J connectivity index is 1.37. The number of hydrogen-bond donors (Lipinski definition) is 2. The van der Waals surface area contributed by atoms with Gasteiger partial charge in [0.05, 0.1) is 17.6 Å². The van der Waals surface area contributed by atoms with E-state index in [1.54, 1.807) is 12.1 Å². The molecule has 7 nitrogen and oxygen atoms in total. The third-order valence-corrected chi connectivity index (χ3v) is 8.34. The maximum absolute atomic E-state index is 12.8. The van der Waals surface area contributed by atoms with Crippen molar-refractivity contribution in [2.45, 2.75) is 43.5 Å². The summed E-state index contributed by atoms with van der Waals surface area (Å²) >= 11 is 0. The normalized spacial score (nSPS) is 23.0. The fraction of sp³-hybridized carbons (Fsp3) is 0.417. The van der Waals surface area contributed by atoms with Gasteiger partial charge in [0.25, 0.3) is 5.91 Å². The predicted molar refractivity (Wildman–Crippen MR) is 121 cm³/mol. The molecule has 2 aromatic rings. The zero-order valence-corrected chi connectivity index (χ0v) is 19.0. The van der Waals surface area contributed by atoms with Crippen molar-refractivity contribution in [2.75, 3.05) is 12.4 Å². The third-order valence-electron chi connectivity index (χ3n) is 6.77. The molecule has 1 amide bonds. The maximum atomic E-state index is 12.8. The highest BCUT2D eigenvalue weighted by Crippen LogP contribution is 2.49. The lowest BCUT2D eigenvalue weighted by atomic mass is 9.84. The van der Waals surface area contributed by atoms with Gasteiger partial charge < -0.3 is 10.1 Å². The van der Waals surface area contributed by atoms with Crippen LogP contribution in [-0.4, -0.2) is 33.4 Å². The van der Waals surface area contributed by atoms with Gasteiger partial charge in [-0.1, -0.05) is 6.42 Å². The number of fused-ring (bicyclic) bond motifs is 2. The summed E-state index contributed by atoms with van der Waals surface area (Å²) in [7, 11) is -2.34. The van der Waals surface area contributed by atoms with Crippen LogP contribution in [0, 0.1) is 17.8 Å². The molecule has 0 heterocycles. The van der Waals surface area contributed by atoms with E-state index in [4.69, 9.17) is 0 Å².